The number of ketones is 1. The van der Waals surface area contributed by atoms with Crippen molar-refractivity contribution in [2.24, 2.45) is 0 Å². The van der Waals surface area contributed by atoms with Gasteiger partial charge in [0.1, 0.15) is 5.56 Å². The van der Waals surface area contributed by atoms with Gasteiger partial charge in [0.2, 0.25) is 6.54 Å². The lowest BCUT2D eigenvalue weighted by Crippen LogP contribution is -3.00. The molecule has 0 saturated heterocycles. The Balaban J connectivity index is 0.00000225. The van der Waals surface area contributed by atoms with Crippen molar-refractivity contribution in [3.63, 3.8) is 0 Å². The highest BCUT2D eigenvalue weighted by molar-refractivity contribution is 5.88. The van der Waals surface area contributed by atoms with E-state index in [2.05, 4.69) is 4.74 Å². The molecule has 0 aliphatic heterocycles. The zero-order valence-corrected chi connectivity index (χ0v) is 11.1. The van der Waals surface area contributed by atoms with Crippen molar-refractivity contribution in [2.75, 3.05) is 7.11 Å². The number of aryl methyl sites for hydroxylation is 1. The first kappa shape index (κ1) is 14.8. The van der Waals surface area contributed by atoms with Gasteiger partial charge in [-0.25, -0.2) is 4.79 Å². The van der Waals surface area contributed by atoms with Crippen molar-refractivity contribution in [1.82, 2.24) is 0 Å². The number of hydrogen-bond donors (Lipinski definition) is 0. The first-order chi connectivity index (χ1) is 7.04. The normalized spacial score (nSPS) is 9.19. The van der Waals surface area contributed by atoms with E-state index in [0.717, 1.165) is 5.69 Å². The number of ether oxygens (including phenoxy) is 1. The number of pyridine rings is 1. The maximum atomic E-state index is 11.2. The zero-order valence-electron chi connectivity index (χ0n) is 9.49. The van der Waals surface area contributed by atoms with Crippen LogP contribution in [0.3, 0.4) is 0 Å². The molecule has 0 aliphatic rings. The summed E-state index contributed by atoms with van der Waals surface area (Å²) in [6, 6.07) is 3.47. The second kappa shape index (κ2) is 6.37. The predicted octanol–water partition coefficient (Wildman–Crippen LogP) is -2.34. The number of nitrogens with zero attached hydrogens (tertiary/aromatic N) is 1. The highest BCUT2D eigenvalue weighted by Gasteiger charge is 2.14. The van der Waals surface area contributed by atoms with Gasteiger partial charge in [0.15, 0.2) is 17.7 Å². The highest BCUT2D eigenvalue weighted by atomic mass is 79.9. The number of hydrogen-bond acceptors (Lipinski definition) is 3. The van der Waals surface area contributed by atoms with Gasteiger partial charge < -0.3 is 21.7 Å². The fourth-order valence-corrected chi connectivity index (χ4v) is 1.27. The maximum absolute atomic E-state index is 11.2. The summed E-state index contributed by atoms with van der Waals surface area (Å²) in [5, 5.41) is 0. The van der Waals surface area contributed by atoms with Crippen LogP contribution < -0.4 is 21.5 Å². The summed E-state index contributed by atoms with van der Waals surface area (Å²) >= 11 is 0. The lowest BCUT2D eigenvalue weighted by molar-refractivity contribution is -0.690. The minimum Gasteiger partial charge on any atom is -1.00 e. The van der Waals surface area contributed by atoms with E-state index in [1.165, 1.54) is 14.0 Å². The summed E-state index contributed by atoms with van der Waals surface area (Å²) in [6.45, 7) is 3.66. The molecule has 0 atom stereocenters. The van der Waals surface area contributed by atoms with Gasteiger partial charge in [-0.05, 0) is 6.07 Å². The number of methoxy groups -OCH3 is 1. The molecule has 1 aromatic rings. The van der Waals surface area contributed by atoms with Crippen molar-refractivity contribution in [2.45, 2.75) is 20.4 Å². The Morgan fingerprint density at radius 2 is 2.00 bits per heavy atom. The van der Waals surface area contributed by atoms with Crippen molar-refractivity contribution in [1.29, 1.82) is 0 Å². The van der Waals surface area contributed by atoms with Crippen LogP contribution in [0.5, 0.6) is 0 Å². The van der Waals surface area contributed by atoms with Crippen LogP contribution >= 0.6 is 0 Å². The highest BCUT2D eigenvalue weighted by Crippen LogP contribution is 1.99. The summed E-state index contributed by atoms with van der Waals surface area (Å²) in [4.78, 5) is 22.2. The Morgan fingerprint density at radius 3 is 2.50 bits per heavy atom. The largest absolute Gasteiger partial charge is 1.00 e. The third-order valence-electron chi connectivity index (χ3n) is 2.07. The van der Waals surface area contributed by atoms with Crippen molar-refractivity contribution in [3.05, 3.63) is 29.6 Å². The van der Waals surface area contributed by atoms with Crippen molar-refractivity contribution >= 4 is 11.8 Å². The Morgan fingerprint density at radius 1 is 1.38 bits per heavy atom. The molecular weight excluding hydrogens is 274 g/mol. The van der Waals surface area contributed by atoms with Crippen molar-refractivity contribution < 1.29 is 35.9 Å². The van der Waals surface area contributed by atoms with Gasteiger partial charge in [-0.1, -0.05) is 0 Å². The number of carbonyl (C=O) groups is 2. The number of rotatable bonds is 3. The molecule has 0 spiro atoms. The molecule has 0 bridgehead atoms. The average Bonchev–Trinajstić information content (AvgIpc) is 2.19. The molecule has 16 heavy (non-hydrogen) atoms. The molecule has 0 saturated carbocycles. The lowest BCUT2D eigenvalue weighted by Gasteiger charge is -2.01. The van der Waals surface area contributed by atoms with Gasteiger partial charge in [-0.3, -0.25) is 4.79 Å². The van der Waals surface area contributed by atoms with E-state index in [1.54, 1.807) is 22.9 Å². The Labute approximate surface area is 105 Å². The molecule has 5 heteroatoms. The minimum atomic E-state index is -0.396. The molecule has 1 rings (SSSR count). The van der Waals surface area contributed by atoms with Gasteiger partial charge in [0, 0.05) is 19.9 Å². The smallest absolute Gasteiger partial charge is 0.343 e. The van der Waals surface area contributed by atoms with Gasteiger partial charge in [0.05, 0.1) is 7.11 Å². The number of Topliss-reactive ketones (excluding diaryl/α,β-unsaturated/α-hetero) is 1. The van der Waals surface area contributed by atoms with E-state index < -0.39 is 5.97 Å². The summed E-state index contributed by atoms with van der Waals surface area (Å²) in [5.41, 5.74) is 1.38. The molecule has 0 amide bonds. The lowest BCUT2D eigenvalue weighted by atomic mass is 10.2. The molecule has 0 fully saturated rings. The number of esters is 1. The molecular formula is C11H14BrNO3. The van der Waals surface area contributed by atoms with Crippen LogP contribution in [0.15, 0.2) is 18.3 Å². The fourth-order valence-electron chi connectivity index (χ4n) is 1.27. The quantitative estimate of drug-likeness (QED) is 0.463. The zero-order chi connectivity index (χ0) is 11.4. The summed E-state index contributed by atoms with van der Waals surface area (Å²) in [6.07, 6.45) is 1.63. The van der Waals surface area contributed by atoms with Crippen LogP contribution in [-0.2, 0) is 16.1 Å². The van der Waals surface area contributed by atoms with E-state index in [-0.39, 0.29) is 29.3 Å². The van der Waals surface area contributed by atoms with Gasteiger partial charge in [0.25, 0.3) is 0 Å². The predicted molar refractivity (Wildman–Crippen MR) is 53.4 cm³/mol. The van der Waals surface area contributed by atoms with Crippen molar-refractivity contribution in [3.8, 4) is 0 Å². The molecule has 88 valence electrons. The molecule has 1 aromatic heterocycles. The van der Waals surface area contributed by atoms with Crippen LogP contribution in [0.25, 0.3) is 0 Å². The Hall–Kier alpha value is -1.23. The Bertz CT molecular complexity index is 404. The van der Waals surface area contributed by atoms with E-state index in [1.807, 2.05) is 6.92 Å². The second-order valence-corrected chi connectivity index (χ2v) is 3.38. The maximum Gasteiger partial charge on any atom is 0.343 e. The molecule has 0 radical (unpaired) electrons. The van der Waals surface area contributed by atoms with Gasteiger partial charge in [-0.15, -0.1) is 0 Å². The minimum absolute atomic E-state index is 0. The molecule has 0 N–H and O–H groups in total. The monoisotopic (exact) mass is 287 g/mol. The molecule has 4 nitrogen and oxygen atoms in total. The van der Waals surface area contributed by atoms with E-state index >= 15 is 0 Å². The standard InChI is InChI=1S/C11H14NO3.BrH/c1-8-4-5-10(11(14)15-3)7-12(8)6-9(2)13;/h4-5,7H,6H2,1-3H3;1H/q+1;/p-1. The van der Waals surface area contributed by atoms with E-state index in [9.17, 15) is 9.59 Å². The fraction of sp³-hybridized carbons (Fsp3) is 0.364. The van der Waals surface area contributed by atoms with Crippen LogP contribution in [-0.4, -0.2) is 18.9 Å². The Kier molecular flexibility index (Phi) is 5.88. The van der Waals surface area contributed by atoms with Crippen LogP contribution in [0.2, 0.25) is 0 Å². The topological polar surface area (TPSA) is 47.2 Å². The average molecular weight is 288 g/mol. The first-order valence-electron chi connectivity index (χ1n) is 4.62. The molecule has 0 aliphatic carbocycles. The van der Waals surface area contributed by atoms with E-state index in [0.29, 0.717) is 5.56 Å². The number of halogens is 1. The molecule has 1 heterocycles. The van der Waals surface area contributed by atoms with Gasteiger partial charge in [-0.2, -0.15) is 4.57 Å². The van der Waals surface area contributed by atoms with Crippen LogP contribution in [0.4, 0.5) is 0 Å². The third-order valence-corrected chi connectivity index (χ3v) is 2.07. The van der Waals surface area contributed by atoms with Gasteiger partial charge >= 0.3 is 5.97 Å². The number of carbonyl (C=O) groups excluding carboxylic acids is 2. The molecule has 0 aromatic carbocycles. The third kappa shape index (κ3) is 3.73. The van der Waals surface area contributed by atoms with Crippen LogP contribution in [0.1, 0.15) is 23.0 Å². The first-order valence-corrected chi connectivity index (χ1v) is 4.62. The summed E-state index contributed by atoms with van der Waals surface area (Å²) < 4.78 is 6.33. The SMILES string of the molecule is COC(=O)c1ccc(C)[n+](CC(C)=O)c1.[Br-]. The van der Waals surface area contributed by atoms with Crippen LogP contribution in [0, 0.1) is 6.92 Å². The van der Waals surface area contributed by atoms with E-state index in [4.69, 9.17) is 0 Å². The summed E-state index contributed by atoms with van der Waals surface area (Å²) in [5.74, 6) is -0.350. The summed E-state index contributed by atoms with van der Waals surface area (Å²) in [7, 11) is 1.33. The number of aromatic nitrogens is 1. The molecule has 0 unspecified atom stereocenters. The second-order valence-electron chi connectivity index (χ2n) is 3.38.